The van der Waals surface area contributed by atoms with Crippen LogP contribution < -0.4 is 10.1 Å². The maximum absolute atomic E-state index is 12.0. The minimum Gasteiger partial charge on any atom is -0.484 e. The molecule has 1 heterocycles. The second kappa shape index (κ2) is 8.19. The van der Waals surface area contributed by atoms with Crippen molar-refractivity contribution in [2.24, 2.45) is 0 Å². The van der Waals surface area contributed by atoms with E-state index in [2.05, 4.69) is 26.2 Å². The predicted octanol–water partition coefficient (Wildman–Crippen LogP) is 5.90. The van der Waals surface area contributed by atoms with Crippen LogP contribution in [0.2, 0.25) is 10.0 Å². The van der Waals surface area contributed by atoms with Crippen LogP contribution in [0.1, 0.15) is 0 Å². The van der Waals surface area contributed by atoms with Crippen LogP contribution >= 0.6 is 50.5 Å². The van der Waals surface area contributed by atoms with E-state index in [1.807, 2.05) is 17.5 Å². The molecule has 0 radical (unpaired) electrons. The van der Waals surface area contributed by atoms with Crippen molar-refractivity contribution in [1.82, 2.24) is 4.98 Å². The van der Waals surface area contributed by atoms with E-state index in [-0.39, 0.29) is 12.5 Å². The fourth-order valence-electron chi connectivity index (χ4n) is 2.01. The maximum atomic E-state index is 12.0. The van der Waals surface area contributed by atoms with E-state index in [9.17, 15) is 4.79 Å². The largest absolute Gasteiger partial charge is 0.484 e. The van der Waals surface area contributed by atoms with Crippen LogP contribution in [0.25, 0.3) is 11.3 Å². The summed E-state index contributed by atoms with van der Waals surface area (Å²) in [6.45, 7) is -0.104. The van der Waals surface area contributed by atoms with Crippen molar-refractivity contribution >= 4 is 61.5 Å². The summed E-state index contributed by atoms with van der Waals surface area (Å²) in [5.74, 6) is 0.320. The SMILES string of the molecule is O=C(COc1cccc(Br)c1)Nc1nc(-c2ccc(Cl)cc2Cl)cs1. The summed E-state index contributed by atoms with van der Waals surface area (Å²) in [6.07, 6.45) is 0. The van der Waals surface area contributed by atoms with Crippen molar-refractivity contribution < 1.29 is 9.53 Å². The van der Waals surface area contributed by atoms with Gasteiger partial charge in [0.2, 0.25) is 0 Å². The van der Waals surface area contributed by atoms with Gasteiger partial charge in [-0.2, -0.15) is 0 Å². The molecule has 0 atom stereocenters. The number of benzene rings is 2. The topological polar surface area (TPSA) is 51.2 Å². The number of amides is 1. The molecule has 1 amide bonds. The van der Waals surface area contributed by atoms with Crippen molar-refractivity contribution in [1.29, 1.82) is 0 Å². The van der Waals surface area contributed by atoms with Crippen LogP contribution in [0.4, 0.5) is 5.13 Å². The summed E-state index contributed by atoms with van der Waals surface area (Å²) in [6, 6.07) is 12.5. The van der Waals surface area contributed by atoms with E-state index < -0.39 is 0 Å². The second-order valence-electron chi connectivity index (χ2n) is 4.96. The zero-order valence-electron chi connectivity index (χ0n) is 12.6. The van der Waals surface area contributed by atoms with Crippen LogP contribution in [-0.2, 0) is 4.79 Å². The first kappa shape index (κ1) is 18.2. The lowest BCUT2D eigenvalue weighted by molar-refractivity contribution is -0.118. The molecule has 25 heavy (non-hydrogen) atoms. The zero-order chi connectivity index (χ0) is 17.8. The van der Waals surface area contributed by atoms with Gasteiger partial charge in [0.1, 0.15) is 5.75 Å². The lowest BCUT2D eigenvalue weighted by atomic mass is 10.2. The highest BCUT2D eigenvalue weighted by Crippen LogP contribution is 2.32. The van der Waals surface area contributed by atoms with Gasteiger partial charge in [-0.15, -0.1) is 11.3 Å². The second-order valence-corrected chi connectivity index (χ2v) is 7.57. The third kappa shape index (κ3) is 4.95. The first-order chi connectivity index (χ1) is 12.0. The summed E-state index contributed by atoms with van der Waals surface area (Å²) in [5.41, 5.74) is 1.43. The highest BCUT2D eigenvalue weighted by Gasteiger charge is 2.11. The van der Waals surface area contributed by atoms with Crippen LogP contribution in [-0.4, -0.2) is 17.5 Å². The number of rotatable bonds is 5. The average Bonchev–Trinajstić information content (AvgIpc) is 3.01. The fraction of sp³-hybridized carbons (Fsp3) is 0.0588. The number of carbonyl (C=O) groups excluding carboxylic acids is 1. The number of nitrogens with one attached hydrogen (secondary N) is 1. The molecule has 0 aliphatic heterocycles. The van der Waals surface area contributed by atoms with Gasteiger partial charge in [0.05, 0.1) is 10.7 Å². The van der Waals surface area contributed by atoms with Gasteiger partial charge in [0, 0.05) is 20.4 Å². The third-order valence-electron chi connectivity index (χ3n) is 3.12. The molecule has 128 valence electrons. The van der Waals surface area contributed by atoms with E-state index in [1.165, 1.54) is 11.3 Å². The minimum atomic E-state index is -0.289. The third-order valence-corrected chi connectivity index (χ3v) is 4.92. The molecule has 4 nitrogen and oxygen atoms in total. The van der Waals surface area contributed by atoms with Crippen molar-refractivity contribution in [3.63, 3.8) is 0 Å². The Balaban J connectivity index is 1.62. The van der Waals surface area contributed by atoms with Gasteiger partial charge in [0.15, 0.2) is 11.7 Å². The number of halogens is 3. The Morgan fingerprint density at radius 1 is 1.24 bits per heavy atom. The van der Waals surface area contributed by atoms with E-state index in [1.54, 1.807) is 30.3 Å². The first-order valence-corrected chi connectivity index (χ1v) is 9.53. The first-order valence-electron chi connectivity index (χ1n) is 7.10. The number of carbonyl (C=O) groups is 1. The molecular formula is C17H11BrCl2N2O2S. The van der Waals surface area contributed by atoms with Gasteiger partial charge in [-0.3, -0.25) is 10.1 Å². The number of anilines is 1. The quantitative estimate of drug-likeness (QED) is 0.519. The lowest BCUT2D eigenvalue weighted by Gasteiger charge is -2.06. The summed E-state index contributed by atoms with van der Waals surface area (Å²) >= 11 is 16.7. The molecule has 0 unspecified atom stereocenters. The molecule has 0 aliphatic carbocycles. The Morgan fingerprint density at radius 2 is 2.08 bits per heavy atom. The van der Waals surface area contributed by atoms with E-state index >= 15 is 0 Å². The molecule has 1 aromatic heterocycles. The molecule has 3 rings (SSSR count). The highest BCUT2D eigenvalue weighted by molar-refractivity contribution is 9.10. The van der Waals surface area contributed by atoms with Crippen molar-refractivity contribution in [2.45, 2.75) is 0 Å². The van der Waals surface area contributed by atoms with E-state index in [4.69, 9.17) is 27.9 Å². The summed E-state index contributed by atoms with van der Waals surface area (Å²) in [4.78, 5) is 16.4. The summed E-state index contributed by atoms with van der Waals surface area (Å²) in [5, 5.41) is 6.07. The normalized spacial score (nSPS) is 10.5. The van der Waals surface area contributed by atoms with Crippen molar-refractivity contribution in [3.8, 4) is 17.0 Å². The number of hydrogen-bond acceptors (Lipinski definition) is 4. The van der Waals surface area contributed by atoms with Crippen LogP contribution in [0.15, 0.2) is 52.3 Å². The van der Waals surface area contributed by atoms with Gasteiger partial charge in [-0.25, -0.2) is 4.98 Å². The molecule has 0 spiro atoms. The molecule has 3 aromatic rings. The van der Waals surface area contributed by atoms with Crippen LogP contribution in [0.3, 0.4) is 0 Å². The Morgan fingerprint density at radius 3 is 2.84 bits per heavy atom. The number of nitrogens with zero attached hydrogens (tertiary/aromatic N) is 1. The van der Waals surface area contributed by atoms with Gasteiger partial charge < -0.3 is 4.74 Å². The fourth-order valence-corrected chi connectivity index (χ4v) is 3.62. The van der Waals surface area contributed by atoms with Gasteiger partial charge in [-0.1, -0.05) is 45.2 Å². The van der Waals surface area contributed by atoms with Crippen molar-refractivity contribution in [2.75, 3.05) is 11.9 Å². The monoisotopic (exact) mass is 456 g/mol. The molecule has 0 aliphatic rings. The smallest absolute Gasteiger partial charge is 0.264 e. The molecule has 2 aromatic carbocycles. The molecule has 0 bridgehead atoms. The predicted molar refractivity (Wildman–Crippen MR) is 106 cm³/mol. The van der Waals surface area contributed by atoms with Crippen LogP contribution in [0, 0.1) is 0 Å². The Bertz CT molecular complexity index is 917. The standard InChI is InChI=1S/C17H11BrCl2N2O2S/c18-10-2-1-3-12(6-10)24-8-16(23)22-17-21-15(9-25-17)13-5-4-11(19)7-14(13)20/h1-7,9H,8H2,(H,21,22,23). The van der Waals surface area contributed by atoms with Gasteiger partial charge >= 0.3 is 0 Å². The summed E-state index contributed by atoms with van der Waals surface area (Å²) < 4.78 is 6.33. The Labute approximate surface area is 166 Å². The van der Waals surface area contributed by atoms with E-state index in [0.29, 0.717) is 26.6 Å². The molecular weight excluding hydrogens is 447 g/mol. The highest BCUT2D eigenvalue weighted by atomic mass is 79.9. The molecule has 0 fully saturated rings. The Hall–Kier alpha value is -1.60. The Kier molecular flexibility index (Phi) is 5.96. The maximum Gasteiger partial charge on any atom is 0.264 e. The summed E-state index contributed by atoms with van der Waals surface area (Å²) in [7, 11) is 0. The molecule has 8 heteroatoms. The number of thiazole rings is 1. The van der Waals surface area contributed by atoms with Crippen molar-refractivity contribution in [3.05, 3.63) is 62.4 Å². The minimum absolute atomic E-state index is 0.104. The number of ether oxygens (including phenoxy) is 1. The van der Waals surface area contributed by atoms with Crippen LogP contribution in [0.5, 0.6) is 5.75 Å². The van der Waals surface area contributed by atoms with E-state index in [0.717, 1.165) is 10.0 Å². The molecule has 0 saturated heterocycles. The molecule has 0 saturated carbocycles. The number of hydrogen-bond donors (Lipinski definition) is 1. The molecule has 1 N–H and O–H groups in total. The van der Waals surface area contributed by atoms with Gasteiger partial charge in [-0.05, 0) is 36.4 Å². The average molecular weight is 458 g/mol. The lowest BCUT2D eigenvalue weighted by Crippen LogP contribution is -2.20. The van der Waals surface area contributed by atoms with Gasteiger partial charge in [0.25, 0.3) is 5.91 Å². The zero-order valence-corrected chi connectivity index (χ0v) is 16.5. The number of aromatic nitrogens is 1.